The third-order valence-electron chi connectivity index (χ3n) is 6.05. The number of unbranched alkanes of at least 4 members (excludes halogenated alkanes) is 2. The summed E-state index contributed by atoms with van der Waals surface area (Å²) in [5.74, 6) is 0.505. The predicted molar refractivity (Wildman–Crippen MR) is 148 cm³/mol. The number of hydrogen-bond donors (Lipinski definition) is 1. The lowest BCUT2D eigenvalue weighted by atomic mass is 10.2. The largest absolute Gasteiger partial charge is 0.493 e. The van der Waals surface area contributed by atoms with Crippen molar-refractivity contribution in [3.8, 4) is 17.4 Å². The van der Waals surface area contributed by atoms with Crippen LogP contribution in [0.4, 0.5) is 5.69 Å². The second-order valence-corrected chi connectivity index (χ2v) is 8.80. The lowest BCUT2D eigenvalue weighted by molar-refractivity contribution is -0.122. The first-order valence-electron chi connectivity index (χ1n) is 12.9. The number of para-hydroxylation sites is 1. The number of oxime groups is 1. The first-order valence-corrected chi connectivity index (χ1v) is 12.9. The van der Waals surface area contributed by atoms with Crippen LogP contribution in [0, 0.1) is 0 Å². The van der Waals surface area contributed by atoms with E-state index in [1.807, 2.05) is 28.8 Å². The number of amides is 1. The standard InChI is InChI=1S/C28H37N5O5/c1-5-7-15-32(16-8-6-2)20-33-23-12-10-9-11-22(23)27(28(33)35)31-30-26(34)19-38-29-18-21-13-14-24(36-3)25(17-21)37-4/h9-14,17-18,35H,5-8,15-16,19-20H2,1-4H3. The van der Waals surface area contributed by atoms with Gasteiger partial charge in [0.15, 0.2) is 23.8 Å². The molecule has 0 aliphatic carbocycles. The van der Waals surface area contributed by atoms with Crippen LogP contribution in [0.1, 0.15) is 45.1 Å². The van der Waals surface area contributed by atoms with Crippen molar-refractivity contribution in [2.45, 2.75) is 46.2 Å². The maximum absolute atomic E-state index is 12.3. The number of benzene rings is 2. The monoisotopic (exact) mass is 523 g/mol. The molecule has 38 heavy (non-hydrogen) atoms. The molecule has 1 heterocycles. The van der Waals surface area contributed by atoms with E-state index in [2.05, 4.69) is 34.1 Å². The number of aromatic hydroxyl groups is 1. The maximum Gasteiger partial charge on any atom is 0.304 e. The summed E-state index contributed by atoms with van der Waals surface area (Å²) in [5, 5.41) is 23.4. The smallest absolute Gasteiger partial charge is 0.304 e. The van der Waals surface area contributed by atoms with E-state index >= 15 is 0 Å². The Balaban J connectivity index is 1.69. The normalized spacial score (nSPS) is 11.7. The van der Waals surface area contributed by atoms with Crippen molar-refractivity contribution < 1.29 is 24.2 Å². The van der Waals surface area contributed by atoms with Gasteiger partial charge in [0.1, 0.15) is 0 Å². The summed E-state index contributed by atoms with van der Waals surface area (Å²) in [4.78, 5) is 19.7. The summed E-state index contributed by atoms with van der Waals surface area (Å²) < 4.78 is 12.3. The summed E-state index contributed by atoms with van der Waals surface area (Å²) in [6, 6.07) is 12.8. The van der Waals surface area contributed by atoms with Crippen molar-refractivity contribution >= 4 is 28.7 Å². The highest BCUT2D eigenvalue weighted by Crippen LogP contribution is 2.39. The van der Waals surface area contributed by atoms with Gasteiger partial charge < -0.3 is 19.4 Å². The Bertz CT molecular complexity index is 1250. The minimum atomic E-state index is -0.627. The number of fused-ring (bicyclic) bond motifs is 1. The second kappa shape index (κ2) is 14.7. The summed E-state index contributed by atoms with van der Waals surface area (Å²) >= 11 is 0. The van der Waals surface area contributed by atoms with Crippen molar-refractivity contribution in [3.63, 3.8) is 0 Å². The van der Waals surface area contributed by atoms with Crippen LogP contribution < -0.4 is 9.47 Å². The average molecular weight is 524 g/mol. The number of carbonyl (C=O) groups is 1. The second-order valence-electron chi connectivity index (χ2n) is 8.80. The van der Waals surface area contributed by atoms with Crippen LogP contribution in [0.5, 0.6) is 17.4 Å². The summed E-state index contributed by atoms with van der Waals surface area (Å²) in [6.45, 7) is 6.36. The molecule has 0 saturated heterocycles. The van der Waals surface area contributed by atoms with Gasteiger partial charge >= 0.3 is 5.91 Å². The predicted octanol–water partition coefficient (Wildman–Crippen LogP) is 5.88. The molecule has 0 bridgehead atoms. The van der Waals surface area contributed by atoms with Gasteiger partial charge in [-0.1, -0.05) is 50.0 Å². The van der Waals surface area contributed by atoms with Gasteiger partial charge in [0.25, 0.3) is 0 Å². The molecule has 0 radical (unpaired) electrons. The molecule has 0 fully saturated rings. The van der Waals surface area contributed by atoms with Gasteiger partial charge in [-0.15, -0.1) is 10.2 Å². The Morgan fingerprint density at radius 1 is 1.03 bits per heavy atom. The van der Waals surface area contributed by atoms with Gasteiger partial charge in [-0.05, 0) is 50.2 Å². The number of ether oxygens (including phenoxy) is 2. The van der Waals surface area contributed by atoms with Crippen molar-refractivity contribution in [1.29, 1.82) is 0 Å². The summed E-state index contributed by atoms with van der Waals surface area (Å²) in [5.41, 5.74) is 1.80. The van der Waals surface area contributed by atoms with Gasteiger partial charge in [-0.2, -0.15) is 0 Å². The Kier molecular flexibility index (Phi) is 11.1. The molecule has 10 nitrogen and oxygen atoms in total. The third-order valence-corrected chi connectivity index (χ3v) is 6.05. The highest BCUT2D eigenvalue weighted by molar-refractivity contribution is 5.95. The van der Waals surface area contributed by atoms with Crippen LogP contribution in [0.2, 0.25) is 0 Å². The zero-order valence-electron chi connectivity index (χ0n) is 22.6. The molecule has 3 rings (SSSR count). The fourth-order valence-corrected chi connectivity index (χ4v) is 3.99. The average Bonchev–Trinajstić information content (AvgIpc) is 3.21. The first-order chi connectivity index (χ1) is 18.5. The lowest BCUT2D eigenvalue weighted by Crippen LogP contribution is -2.28. The SMILES string of the molecule is CCCCN(CCCC)Cn1c(O)c(N=NC(=O)CON=Cc2ccc(OC)c(OC)c2)c2ccccc21. The Labute approximate surface area is 223 Å². The van der Waals surface area contributed by atoms with E-state index in [1.54, 1.807) is 32.4 Å². The van der Waals surface area contributed by atoms with E-state index < -0.39 is 12.5 Å². The van der Waals surface area contributed by atoms with Crippen molar-refractivity contribution in [2.24, 2.45) is 15.4 Å². The summed E-state index contributed by atoms with van der Waals surface area (Å²) in [7, 11) is 3.10. The Morgan fingerprint density at radius 2 is 1.74 bits per heavy atom. The number of azo groups is 1. The van der Waals surface area contributed by atoms with E-state index in [4.69, 9.17) is 14.3 Å². The number of rotatable bonds is 15. The topological polar surface area (TPSA) is 110 Å². The van der Waals surface area contributed by atoms with Crippen LogP contribution in [0.25, 0.3) is 10.9 Å². The quantitative estimate of drug-likeness (QED) is 0.151. The van der Waals surface area contributed by atoms with E-state index in [9.17, 15) is 9.90 Å². The first kappa shape index (κ1) is 28.6. The van der Waals surface area contributed by atoms with Crippen LogP contribution in [-0.2, 0) is 16.3 Å². The highest BCUT2D eigenvalue weighted by Gasteiger charge is 2.18. The molecule has 0 unspecified atom stereocenters. The molecule has 1 amide bonds. The van der Waals surface area contributed by atoms with Gasteiger partial charge in [0.05, 0.1) is 32.6 Å². The van der Waals surface area contributed by atoms with E-state index in [0.29, 0.717) is 23.7 Å². The fourth-order valence-electron chi connectivity index (χ4n) is 3.99. The molecule has 204 valence electrons. The lowest BCUT2D eigenvalue weighted by Gasteiger charge is -2.23. The van der Waals surface area contributed by atoms with Crippen LogP contribution in [0.3, 0.4) is 0 Å². The Morgan fingerprint density at radius 3 is 2.42 bits per heavy atom. The molecule has 1 aromatic heterocycles. The molecule has 0 spiro atoms. The number of nitrogens with zero attached hydrogens (tertiary/aromatic N) is 5. The minimum absolute atomic E-state index is 0.0202. The molecular formula is C28H37N5O5. The molecule has 0 aliphatic heterocycles. The van der Waals surface area contributed by atoms with Gasteiger partial charge in [0.2, 0.25) is 5.88 Å². The molecule has 0 atom stereocenters. The number of aromatic nitrogens is 1. The van der Waals surface area contributed by atoms with E-state index in [-0.39, 0.29) is 11.6 Å². The van der Waals surface area contributed by atoms with Crippen LogP contribution >= 0.6 is 0 Å². The molecule has 3 aromatic rings. The molecule has 0 aliphatic rings. The van der Waals surface area contributed by atoms with Crippen molar-refractivity contribution in [2.75, 3.05) is 33.9 Å². The van der Waals surface area contributed by atoms with Crippen molar-refractivity contribution in [3.05, 3.63) is 48.0 Å². The zero-order chi connectivity index (χ0) is 27.3. The highest BCUT2D eigenvalue weighted by atomic mass is 16.6. The Hall–Kier alpha value is -3.92. The van der Waals surface area contributed by atoms with E-state index in [0.717, 1.165) is 49.7 Å². The van der Waals surface area contributed by atoms with Crippen LogP contribution in [0.15, 0.2) is 57.8 Å². The zero-order valence-corrected chi connectivity index (χ0v) is 22.6. The van der Waals surface area contributed by atoms with Crippen molar-refractivity contribution in [1.82, 2.24) is 9.47 Å². The van der Waals surface area contributed by atoms with Gasteiger partial charge in [-0.3, -0.25) is 14.3 Å². The van der Waals surface area contributed by atoms with Crippen LogP contribution in [-0.4, -0.2) is 60.6 Å². The maximum atomic E-state index is 12.3. The minimum Gasteiger partial charge on any atom is -0.493 e. The molecular weight excluding hydrogens is 486 g/mol. The molecule has 0 saturated carbocycles. The third kappa shape index (κ3) is 7.55. The number of methoxy groups -OCH3 is 2. The molecule has 2 aromatic carbocycles. The summed E-state index contributed by atoms with van der Waals surface area (Å²) in [6.07, 6.45) is 5.82. The molecule has 10 heteroatoms. The van der Waals surface area contributed by atoms with Gasteiger partial charge in [-0.25, -0.2) is 0 Å². The number of carbonyl (C=O) groups excluding carboxylic acids is 1. The van der Waals surface area contributed by atoms with Gasteiger partial charge in [0, 0.05) is 10.9 Å². The number of hydrogen-bond acceptors (Lipinski definition) is 8. The fraction of sp³-hybridized carbons (Fsp3) is 0.429. The molecule has 1 N–H and O–H groups in total. The van der Waals surface area contributed by atoms with E-state index in [1.165, 1.54) is 6.21 Å².